The van der Waals surface area contributed by atoms with Crippen molar-refractivity contribution in [1.29, 1.82) is 0 Å². The zero-order valence-electron chi connectivity index (χ0n) is 13.4. The van der Waals surface area contributed by atoms with Crippen LogP contribution in [0.1, 0.15) is 90.4 Å². The smallest absolute Gasteiger partial charge is 0.306 e. The van der Waals surface area contributed by atoms with Crippen LogP contribution in [0.5, 0.6) is 0 Å². The highest BCUT2D eigenvalue weighted by molar-refractivity contribution is 5.69. The molecule has 0 amide bonds. The minimum Gasteiger partial charge on any atom is -0.481 e. The van der Waals surface area contributed by atoms with Crippen LogP contribution >= 0.6 is 0 Å². The van der Waals surface area contributed by atoms with Gasteiger partial charge in [0.05, 0.1) is 5.92 Å². The van der Waals surface area contributed by atoms with E-state index in [4.69, 9.17) is 0 Å². The van der Waals surface area contributed by atoms with E-state index in [1.165, 1.54) is 38.5 Å². The fourth-order valence-corrected chi connectivity index (χ4v) is 2.60. The zero-order valence-corrected chi connectivity index (χ0v) is 13.4. The number of aliphatic carboxylic acids is 1. The minimum absolute atomic E-state index is 0.103. The summed E-state index contributed by atoms with van der Waals surface area (Å²) in [6.07, 6.45) is 17.0. The predicted molar refractivity (Wildman–Crippen MR) is 87.0 cm³/mol. The van der Waals surface area contributed by atoms with Gasteiger partial charge < -0.3 is 5.11 Å². The fraction of sp³-hybridized carbons (Fsp3) is 0.833. The van der Waals surface area contributed by atoms with Crippen molar-refractivity contribution in [3.8, 4) is 0 Å². The Bertz CT molecular complexity index is 236. The Morgan fingerprint density at radius 3 is 1.95 bits per heavy atom. The maximum absolute atomic E-state index is 11.2. The average Bonchev–Trinajstić information content (AvgIpc) is 2.43. The van der Waals surface area contributed by atoms with Gasteiger partial charge in [-0.1, -0.05) is 70.8 Å². The van der Waals surface area contributed by atoms with Crippen LogP contribution in [0.2, 0.25) is 0 Å². The Morgan fingerprint density at radius 1 is 0.950 bits per heavy atom. The normalized spacial score (nSPS) is 12.2. The molecule has 0 saturated carbocycles. The molecule has 1 atom stereocenters. The molecule has 2 heteroatoms. The lowest BCUT2D eigenvalue weighted by molar-refractivity contribution is -0.142. The van der Waals surface area contributed by atoms with Gasteiger partial charge in [-0.15, -0.1) is 6.58 Å². The van der Waals surface area contributed by atoms with Crippen molar-refractivity contribution in [3.63, 3.8) is 0 Å². The van der Waals surface area contributed by atoms with E-state index in [-0.39, 0.29) is 5.92 Å². The van der Waals surface area contributed by atoms with E-state index in [0.29, 0.717) is 0 Å². The monoisotopic (exact) mass is 282 g/mol. The quantitative estimate of drug-likeness (QED) is 0.297. The average molecular weight is 282 g/mol. The van der Waals surface area contributed by atoms with Gasteiger partial charge >= 0.3 is 5.97 Å². The molecule has 20 heavy (non-hydrogen) atoms. The molecular weight excluding hydrogens is 248 g/mol. The van der Waals surface area contributed by atoms with Crippen molar-refractivity contribution >= 4 is 5.97 Å². The number of allylic oxidation sites excluding steroid dienone is 1. The number of carboxylic acids is 1. The number of hydrogen-bond donors (Lipinski definition) is 1. The molecule has 0 rings (SSSR count). The summed E-state index contributed by atoms with van der Waals surface area (Å²) < 4.78 is 0. The number of carbonyl (C=O) groups is 1. The molecular formula is C18H34O2. The first kappa shape index (κ1) is 19.2. The van der Waals surface area contributed by atoms with Crippen molar-refractivity contribution < 1.29 is 9.90 Å². The van der Waals surface area contributed by atoms with Crippen LogP contribution in [0.15, 0.2) is 12.7 Å². The molecule has 0 fully saturated rings. The van der Waals surface area contributed by atoms with Crippen molar-refractivity contribution in [2.45, 2.75) is 90.4 Å². The van der Waals surface area contributed by atoms with Gasteiger partial charge in [0.2, 0.25) is 0 Å². The van der Waals surface area contributed by atoms with E-state index in [1.807, 2.05) is 6.08 Å². The Kier molecular flexibility index (Phi) is 14.0. The molecule has 1 unspecified atom stereocenters. The highest BCUT2D eigenvalue weighted by atomic mass is 16.4. The molecule has 0 aromatic heterocycles. The summed E-state index contributed by atoms with van der Waals surface area (Å²) in [7, 11) is 0. The summed E-state index contributed by atoms with van der Waals surface area (Å²) >= 11 is 0. The molecule has 0 saturated heterocycles. The first-order chi connectivity index (χ1) is 9.72. The third-order valence-corrected chi connectivity index (χ3v) is 3.97. The maximum Gasteiger partial charge on any atom is 0.306 e. The summed E-state index contributed by atoms with van der Waals surface area (Å²) in [4.78, 5) is 11.2. The summed E-state index contributed by atoms with van der Waals surface area (Å²) in [6, 6.07) is 0. The van der Waals surface area contributed by atoms with Crippen molar-refractivity contribution in [1.82, 2.24) is 0 Å². The molecule has 0 spiro atoms. The Morgan fingerprint density at radius 2 is 1.45 bits per heavy atom. The lowest BCUT2D eigenvalue weighted by atomic mass is 9.94. The molecule has 0 aromatic carbocycles. The third kappa shape index (κ3) is 12.3. The summed E-state index contributed by atoms with van der Waals surface area (Å²) in [5, 5.41) is 9.19. The van der Waals surface area contributed by atoms with Crippen LogP contribution in [-0.2, 0) is 4.79 Å². The van der Waals surface area contributed by atoms with Gasteiger partial charge in [-0.3, -0.25) is 4.79 Å². The van der Waals surface area contributed by atoms with E-state index >= 15 is 0 Å². The fourth-order valence-electron chi connectivity index (χ4n) is 2.60. The standard InChI is InChI=1S/C18H34O2/c1-3-5-7-8-9-10-11-12-14-16-17(18(19)20)15-13-6-4-2/h3,17H,1,4-16H2,2H3,(H,19,20). The van der Waals surface area contributed by atoms with Crippen molar-refractivity contribution in [3.05, 3.63) is 12.7 Å². The first-order valence-electron chi connectivity index (χ1n) is 8.56. The lowest BCUT2D eigenvalue weighted by Gasteiger charge is -2.11. The first-order valence-corrected chi connectivity index (χ1v) is 8.56. The molecule has 0 radical (unpaired) electrons. The largest absolute Gasteiger partial charge is 0.481 e. The second kappa shape index (κ2) is 14.6. The maximum atomic E-state index is 11.2. The molecule has 2 nitrogen and oxygen atoms in total. The lowest BCUT2D eigenvalue weighted by Crippen LogP contribution is -2.13. The molecule has 0 aromatic rings. The van der Waals surface area contributed by atoms with Gasteiger partial charge in [-0.25, -0.2) is 0 Å². The molecule has 0 aliphatic heterocycles. The molecule has 0 heterocycles. The van der Waals surface area contributed by atoms with E-state index in [0.717, 1.165) is 44.9 Å². The Labute approximate surface area is 125 Å². The molecule has 0 aliphatic rings. The highest BCUT2D eigenvalue weighted by Crippen LogP contribution is 2.18. The minimum atomic E-state index is -0.592. The van der Waals surface area contributed by atoms with E-state index < -0.39 is 5.97 Å². The third-order valence-electron chi connectivity index (χ3n) is 3.97. The van der Waals surface area contributed by atoms with Gasteiger partial charge in [0, 0.05) is 0 Å². The van der Waals surface area contributed by atoms with Gasteiger partial charge in [-0.2, -0.15) is 0 Å². The van der Waals surface area contributed by atoms with Crippen molar-refractivity contribution in [2.75, 3.05) is 0 Å². The Balaban J connectivity index is 3.44. The topological polar surface area (TPSA) is 37.3 Å². The van der Waals surface area contributed by atoms with Gasteiger partial charge in [0.1, 0.15) is 0 Å². The number of unbranched alkanes of at least 4 members (excludes halogenated alkanes) is 9. The van der Waals surface area contributed by atoms with Gasteiger partial charge in [0.15, 0.2) is 0 Å². The predicted octanol–water partition coefficient (Wildman–Crippen LogP) is 5.96. The SMILES string of the molecule is C=CCCCCCCCCCC(CCCCC)C(=O)O. The van der Waals surface area contributed by atoms with Crippen LogP contribution in [0.4, 0.5) is 0 Å². The van der Waals surface area contributed by atoms with E-state index in [1.54, 1.807) is 0 Å². The van der Waals surface area contributed by atoms with Crippen LogP contribution in [0, 0.1) is 5.92 Å². The van der Waals surface area contributed by atoms with Gasteiger partial charge in [-0.05, 0) is 25.7 Å². The van der Waals surface area contributed by atoms with E-state index in [2.05, 4.69) is 13.5 Å². The van der Waals surface area contributed by atoms with E-state index in [9.17, 15) is 9.90 Å². The summed E-state index contributed by atoms with van der Waals surface area (Å²) in [6.45, 7) is 5.89. The number of carboxylic acid groups (broad SMARTS) is 1. The second-order valence-electron chi connectivity index (χ2n) is 5.87. The van der Waals surface area contributed by atoms with Crippen LogP contribution < -0.4 is 0 Å². The van der Waals surface area contributed by atoms with Crippen LogP contribution in [-0.4, -0.2) is 11.1 Å². The molecule has 118 valence electrons. The van der Waals surface area contributed by atoms with Crippen LogP contribution in [0.25, 0.3) is 0 Å². The summed E-state index contributed by atoms with van der Waals surface area (Å²) in [5.74, 6) is -0.695. The second-order valence-corrected chi connectivity index (χ2v) is 5.87. The van der Waals surface area contributed by atoms with Crippen LogP contribution in [0.3, 0.4) is 0 Å². The summed E-state index contributed by atoms with van der Waals surface area (Å²) in [5.41, 5.74) is 0. The number of hydrogen-bond acceptors (Lipinski definition) is 1. The zero-order chi connectivity index (χ0) is 15.1. The molecule has 0 aliphatic carbocycles. The Hall–Kier alpha value is -0.790. The highest BCUT2D eigenvalue weighted by Gasteiger charge is 2.15. The van der Waals surface area contributed by atoms with Crippen molar-refractivity contribution in [2.24, 2.45) is 5.92 Å². The number of rotatable bonds is 15. The molecule has 1 N–H and O–H groups in total. The van der Waals surface area contributed by atoms with Gasteiger partial charge in [0.25, 0.3) is 0 Å². The molecule has 0 bridgehead atoms.